The molecular formula is C5H14ClNOS. The summed E-state index contributed by atoms with van der Waals surface area (Å²) in [6.45, 7) is -2.84. The van der Waals surface area contributed by atoms with Crippen LogP contribution in [0.1, 0.15) is 23.7 Å². The van der Waals surface area contributed by atoms with E-state index in [1.807, 2.05) is 0 Å². The zero-order chi connectivity index (χ0) is 13.6. The lowest BCUT2D eigenvalue weighted by Gasteiger charge is -1.90. The zero-order valence-corrected chi connectivity index (χ0v) is 6.47. The molecule has 0 saturated heterocycles. The molecule has 9 heavy (non-hydrogen) atoms. The monoisotopic (exact) mass is 179 g/mol. The van der Waals surface area contributed by atoms with E-state index in [4.69, 9.17) is 11.0 Å². The van der Waals surface area contributed by atoms with E-state index in [0.29, 0.717) is 0 Å². The molecule has 0 fully saturated rings. The topological polar surface area (TPSA) is 44.7 Å². The maximum absolute atomic E-state index is 11.1. The lowest BCUT2D eigenvalue weighted by atomic mass is 10.3. The molecule has 0 aromatic heterocycles. The number of quaternary nitrogens is 1. The van der Waals surface area contributed by atoms with Crippen molar-refractivity contribution >= 4 is 10.8 Å². The molecule has 0 rings (SSSR count). The first kappa shape index (κ1) is 2.80. The van der Waals surface area contributed by atoms with Gasteiger partial charge in [-0.3, -0.25) is 4.21 Å². The second-order valence-electron chi connectivity index (χ2n) is 0.983. The highest BCUT2D eigenvalue weighted by molar-refractivity contribution is 7.84. The van der Waals surface area contributed by atoms with Crippen LogP contribution in [0.25, 0.3) is 0 Å². The third kappa shape index (κ3) is 11.8. The van der Waals surface area contributed by atoms with Crippen molar-refractivity contribution in [1.82, 2.24) is 0 Å². The first-order valence-corrected chi connectivity index (χ1v) is 3.44. The Kier molecular flexibility index (Phi) is 2.61. The number of halogens is 1. The molecule has 3 N–H and O–H groups in total. The Hall–Kier alpha value is 0.400. The molecule has 0 saturated carbocycles. The van der Waals surface area contributed by atoms with E-state index in [0.717, 1.165) is 6.26 Å². The van der Waals surface area contributed by atoms with E-state index >= 15 is 0 Å². The predicted octanol–water partition coefficient (Wildman–Crippen LogP) is -3.61. The van der Waals surface area contributed by atoms with E-state index in [2.05, 4.69) is 5.73 Å². The highest BCUT2D eigenvalue weighted by atomic mass is 35.5. The van der Waals surface area contributed by atoms with Crippen molar-refractivity contribution < 1.29 is 33.3 Å². The van der Waals surface area contributed by atoms with Gasteiger partial charge in [-0.2, -0.15) is 0 Å². The van der Waals surface area contributed by atoms with Gasteiger partial charge in [0.25, 0.3) is 0 Å². The average Bonchev–Trinajstić information content (AvgIpc) is 2.00. The molecule has 1 unspecified atom stereocenters. The summed E-state index contributed by atoms with van der Waals surface area (Å²) in [4.78, 5) is 0. The van der Waals surface area contributed by atoms with Gasteiger partial charge in [0.05, 0.1) is 9.24 Å². The van der Waals surface area contributed by atoms with E-state index in [9.17, 15) is 4.21 Å². The molecule has 2 nitrogen and oxygen atoms in total. The Labute approximate surface area is 76.3 Å². The fraction of sp³-hybridized carbons (Fsp3) is 1.00. The van der Waals surface area contributed by atoms with Crippen molar-refractivity contribution in [3.8, 4) is 0 Å². The summed E-state index contributed by atoms with van der Waals surface area (Å²) in [7, 11) is -2.30. The minimum atomic E-state index is -3.27. The molecule has 0 heterocycles. The maximum atomic E-state index is 11.1. The quantitative estimate of drug-likeness (QED) is 0.476. The van der Waals surface area contributed by atoms with Gasteiger partial charge in [-0.25, -0.2) is 0 Å². The van der Waals surface area contributed by atoms with E-state index < -0.39 is 35.7 Å². The molecule has 0 aromatic rings. The van der Waals surface area contributed by atoms with Crippen molar-refractivity contribution in [1.29, 1.82) is 0 Å². The van der Waals surface area contributed by atoms with Crippen molar-refractivity contribution in [2.75, 3.05) is 18.5 Å². The fourth-order valence-electron chi connectivity index (χ4n) is 0.142. The summed E-state index contributed by atoms with van der Waals surface area (Å²) in [5.74, 6) is 0. The Morgan fingerprint density at radius 1 is 1.67 bits per heavy atom. The molecule has 4 heteroatoms. The van der Waals surface area contributed by atoms with Crippen LogP contribution in [-0.4, -0.2) is 22.7 Å². The van der Waals surface area contributed by atoms with Crippen LogP contribution in [0, 0.1) is 0 Å². The van der Waals surface area contributed by atoms with Crippen LogP contribution < -0.4 is 18.1 Å². The standard InChI is InChI=1S/C5H13NOS.ClH/c1-8(7)5-3-2-4-6;/h2-6H2,1H3;1H/i2D2,3D2,4D2,5D2;. The fourth-order valence-corrected chi connectivity index (χ4v) is 0.336. The van der Waals surface area contributed by atoms with Crippen LogP contribution in [-0.2, 0) is 10.8 Å². The average molecular weight is 180 g/mol. The van der Waals surface area contributed by atoms with Crippen LogP contribution >= 0.6 is 0 Å². The normalized spacial score (nSPS) is 31.8. The molecule has 0 aliphatic rings. The van der Waals surface area contributed by atoms with Crippen LogP contribution in [0.2, 0.25) is 0 Å². The van der Waals surface area contributed by atoms with Crippen molar-refractivity contribution in [3.05, 3.63) is 0 Å². The highest BCUT2D eigenvalue weighted by Gasteiger charge is 1.89. The Balaban J connectivity index is 0. The zero-order valence-electron chi connectivity index (χ0n) is 12.9. The second-order valence-corrected chi connectivity index (χ2v) is 2.10. The Bertz CT molecular complexity index is 303. The molecule has 0 bridgehead atoms. The summed E-state index contributed by atoms with van der Waals surface area (Å²) in [5, 5.41) is 0. The lowest BCUT2D eigenvalue weighted by molar-refractivity contribution is -0.368. The minimum Gasteiger partial charge on any atom is -1.00 e. The molecule has 0 amide bonds. The van der Waals surface area contributed by atoms with Crippen molar-refractivity contribution in [2.45, 2.75) is 12.7 Å². The minimum absolute atomic E-state index is 0. The van der Waals surface area contributed by atoms with Gasteiger partial charge in [-0.15, -0.1) is 0 Å². The molecule has 0 spiro atoms. The Morgan fingerprint density at radius 2 is 2.22 bits per heavy atom. The van der Waals surface area contributed by atoms with Gasteiger partial charge in [-0.05, 0) is 12.7 Å². The molecule has 58 valence electrons. The highest BCUT2D eigenvalue weighted by Crippen LogP contribution is 1.86. The van der Waals surface area contributed by atoms with Gasteiger partial charge in [0, 0.05) is 31.0 Å². The summed E-state index contributed by atoms with van der Waals surface area (Å²) < 4.78 is 69.1. The number of hydrogen-bond acceptors (Lipinski definition) is 1. The summed E-state index contributed by atoms with van der Waals surface area (Å²) in [6.07, 6.45) is -5.59. The van der Waals surface area contributed by atoms with Gasteiger partial charge >= 0.3 is 0 Å². The second kappa shape index (κ2) is 8.40. The SMILES string of the molecule is [2H]C([2H])([NH3+])C([2H])([2H])C([2H])([2H])C([2H])([2H])S(C)=O.[Cl-]. The summed E-state index contributed by atoms with van der Waals surface area (Å²) >= 11 is 0. The lowest BCUT2D eigenvalue weighted by Crippen LogP contribution is -3.00. The largest absolute Gasteiger partial charge is 1.00 e. The molecular weight excluding hydrogens is 158 g/mol. The van der Waals surface area contributed by atoms with E-state index in [1.165, 1.54) is 0 Å². The van der Waals surface area contributed by atoms with E-state index in [1.54, 1.807) is 0 Å². The molecule has 1 atom stereocenters. The molecule has 0 aliphatic heterocycles. The molecule has 0 aliphatic carbocycles. The first-order valence-electron chi connectivity index (χ1n) is 5.88. The third-order valence-corrected chi connectivity index (χ3v) is 0.735. The van der Waals surface area contributed by atoms with Crippen LogP contribution in [0.4, 0.5) is 0 Å². The van der Waals surface area contributed by atoms with Crippen LogP contribution in [0.5, 0.6) is 0 Å². The van der Waals surface area contributed by atoms with Gasteiger partial charge < -0.3 is 18.1 Å². The third-order valence-electron chi connectivity index (χ3n) is 0.346. The summed E-state index contributed by atoms with van der Waals surface area (Å²) in [6, 6.07) is 0. The van der Waals surface area contributed by atoms with Gasteiger partial charge in [0.2, 0.25) is 0 Å². The van der Waals surface area contributed by atoms with E-state index in [-0.39, 0.29) is 12.4 Å². The maximum Gasteiger partial charge on any atom is 0.0922 e. The number of rotatable bonds is 4. The van der Waals surface area contributed by atoms with Gasteiger partial charge in [-0.1, -0.05) is 0 Å². The smallest absolute Gasteiger partial charge is 0.0922 e. The first-order chi connectivity index (χ1) is 6.69. The van der Waals surface area contributed by atoms with Crippen molar-refractivity contribution in [2.24, 2.45) is 0 Å². The van der Waals surface area contributed by atoms with Gasteiger partial charge in [0.15, 0.2) is 0 Å². The van der Waals surface area contributed by atoms with Crippen molar-refractivity contribution in [3.63, 3.8) is 0 Å². The van der Waals surface area contributed by atoms with Gasteiger partial charge in [0.1, 0.15) is 0 Å². The molecule has 0 aromatic carbocycles. The summed E-state index contributed by atoms with van der Waals surface area (Å²) in [5.41, 5.74) is -0.178. The Morgan fingerprint density at radius 3 is 2.56 bits per heavy atom. The molecule has 0 radical (unpaired) electrons. The number of hydrogen-bond donors (Lipinski definition) is 1. The van der Waals surface area contributed by atoms with Crippen LogP contribution in [0.15, 0.2) is 0 Å². The van der Waals surface area contributed by atoms with Crippen LogP contribution in [0.3, 0.4) is 0 Å². The predicted molar refractivity (Wildman–Crippen MR) is 35.9 cm³/mol.